The SMILES string of the molecule is CNCc1ccc(-n2cnn(Cc3ccc(C(F)(F)F)cc3)c2=O)cc1. The molecule has 1 N–H and O–H groups in total. The van der Waals surface area contributed by atoms with Crippen molar-refractivity contribution in [2.75, 3.05) is 7.05 Å². The second-order valence-electron chi connectivity index (χ2n) is 5.83. The third kappa shape index (κ3) is 3.85. The first-order chi connectivity index (χ1) is 12.4. The Bertz CT molecular complexity index is 925. The zero-order valence-electron chi connectivity index (χ0n) is 14.0. The summed E-state index contributed by atoms with van der Waals surface area (Å²) in [6.07, 6.45) is -2.98. The summed E-state index contributed by atoms with van der Waals surface area (Å²) in [4.78, 5) is 12.5. The Kier molecular flexibility index (Phi) is 4.94. The van der Waals surface area contributed by atoms with Gasteiger partial charge in [0.05, 0.1) is 17.8 Å². The standard InChI is InChI=1S/C18H17F3N4O/c1-22-10-13-4-8-16(9-5-13)24-12-23-25(17(24)26)11-14-2-6-15(7-3-14)18(19,20)21/h2-9,12,22H,10-11H2,1H3. The normalized spacial score (nSPS) is 11.7. The van der Waals surface area contributed by atoms with E-state index >= 15 is 0 Å². The lowest BCUT2D eigenvalue weighted by atomic mass is 10.1. The first kappa shape index (κ1) is 17.9. The maximum Gasteiger partial charge on any atom is 0.416 e. The van der Waals surface area contributed by atoms with Crippen LogP contribution in [0.25, 0.3) is 5.69 Å². The number of nitrogens with zero attached hydrogens (tertiary/aromatic N) is 3. The summed E-state index contributed by atoms with van der Waals surface area (Å²) in [6, 6.07) is 12.1. The molecule has 0 saturated heterocycles. The van der Waals surface area contributed by atoms with E-state index in [0.29, 0.717) is 11.3 Å². The van der Waals surface area contributed by atoms with Crippen molar-refractivity contribution in [3.8, 4) is 5.69 Å². The first-order valence-corrected chi connectivity index (χ1v) is 7.93. The molecule has 1 aromatic heterocycles. The quantitative estimate of drug-likeness (QED) is 0.759. The van der Waals surface area contributed by atoms with Crippen molar-refractivity contribution in [2.24, 2.45) is 0 Å². The highest BCUT2D eigenvalue weighted by atomic mass is 19.4. The predicted molar refractivity (Wildman–Crippen MR) is 91.1 cm³/mol. The molecule has 5 nitrogen and oxygen atoms in total. The number of hydrogen-bond donors (Lipinski definition) is 1. The number of benzene rings is 2. The molecular weight excluding hydrogens is 345 g/mol. The summed E-state index contributed by atoms with van der Waals surface area (Å²) in [5, 5.41) is 7.09. The molecule has 0 aliphatic rings. The molecule has 0 amide bonds. The van der Waals surface area contributed by atoms with Crippen LogP contribution in [0.3, 0.4) is 0 Å². The number of rotatable bonds is 5. The van der Waals surface area contributed by atoms with Gasteiger partial charge in [0.15, 0.2) is 0 Å². The minimum absolute atomic E-state index is 0.0990. The lowest BCUT2D eigenvalue weighted by Gasteiger charge is -2.07. The fourth-order valence-electron chi connectivity index (χ4n) is 2.57. The van der Waals surface area contributed by atoms with E-state index < -0.39 is 11.7 Å². The molecule has 8 heteroatoms. The van der Waals surface area contributed by atoms with Gasteiger partial charge in [-0.15, -0.1) is 0 Å². The zero-order valence-corrected chi connectivity index (χ0v) is 14.0. The van der Waals surface area contributed by atoms with Crippen LogP contribution < -0.4 is 11.0 Å². The van der Waals surface area contributed by atoms with E-state index in [1.165, 1.54) is 27.7 Å². The van der Waals surface area contributed by atoms with Crippen LogP contribution in [0.5, 0.6) is 0 Å². The number of halogens is 3. The number of nitrogens with one attached hydrogen (secondary N) is 1. The third-order valence-electron chi connectivity index (χ3n) is 3.94. The van der Waals surface area contributed by atoms with Gasteiger partial charge < -0.3 is 5.32 Å². The van der Waals surface area contributed by atoms with Crippen molar-refractivity contribution in [2.45, 2.75) is 19.3 Å². The molecule has 26 heavy (non-hydrogen) atoms. The van der Waals surface area contributed by atoms with E-state index in [1.54, 1.807) is 0 Å². The fourth-order valence-corrected chi connectivity index (χ4v) is 2.57. The van der Waals surface area contributed by atoms with Crippen molar-refractivity contribution in [3.05, 3.63) is 82.0 Å². The van der Waals surface area contributed by atoms with Crippen LogP contribution in [0.4, 0.5) is 13.2 Å². The lowest BCUT2D eigenvalue weighted by molar-refractivity contribution is -0.137. The van der Waals surface area contributed by atoms with Crippen molar-refractivity contribution in [1.29, 1.82) is 0 Å². The molecule has 0 aliphatic heterocycles. The van der Waals surface area contributed by atoms with Gasteiger partial charge in [-0.25, -0.2) is 14.0 Å². The van der Waals surface area contributed by atoms with E-state index in [-0.39, 0.29) is 12.2 Å². The summed E-state index contributed by atoms with van der Waals surface area (Å²) >= 11 is 0. The van der Waals surface area contributed by atoms with Crippen molar-refractivity contribution in [3.63, 3.8) is 0 Å². The molecule has 0 saturated carbocycles. The van der Waals surface area contributed by atoms with Crippen LogP contribution in [0, 0.1) is 0 Å². The molecule has 136 valence electrons. The largest absolute Gasteiger partial charge is 0.416 e. The predicted octanol–water partition coefficient (Wildman–Crippen LogP) is 2.82. The molecule has 0 radical (unpaired) electrons. The van der Waals surface area contributed by atoms with E-state index in [1.807, 2.05) is 31.3 Å². The molecule has 3 rings (SSSR count). The van der Waals surface area contributed by atoms with Crippen LogP contribution in [0.15, 0.2) is 59.7 Å². The highest BCUT2D eigenvalue weighted by Crippen LogP contribution is 2.29. The zero-order chi connectivity index (χ0) is 18.7. The van der Waals surface area contributed by atoms with Crippen molar-refractivity contribution < 1.29 is 13.2 Å². The van der Waals surface area contributed by atoms with Crippen LogP contribution in [-0.2, 0) is 19.3 Å². The summed E-state index contributed by atoms with van der Waals surface area (Å²) in [6.45, 7) is 0.824. The molecule has 3 aromatic rings. The number of aromatic nitrogens is 3. The van der Waals surface area contributed by atoms with Crippen LogP contribution >= 0.6 is 0 Å². The van der Waals surface area contributed by atoms with Crippen molar-refractivity contribution >= 4 is 0 Å². The summed E-state index contributed by atoms with van der Waals surface area (Å²) in [5.74, 6) is 0. The van der Waals surface area contributed by atoms with Crippen LogP contribution in [0.1, 0.15) is 16.7 Å². The van der Waals surface area contributed by atoms with Gasteiger partial charge in [-0.1, -0.05) is 24.3 Å². The van der Waals surface area contributed by atoms with E-state index in [4.69, 9.17) is 0 Å². The number of alkyl halides is 3. The first-order valence-electron chi connectivity index (χ1n) is 7.93. The minimum Gasteiger partial charge on any atom is -0.316 e. The van der Waals surface area contributed by atoms with Gasteiger partial charge in [0.2, 0.25) is 0 Å². The molecule has 1 heterocycles. The Morgan fingerprint density at radius 3 is 2.19 bits per heavy atom. The van der Waals surface area contributed by atoms with E-state index in [9.17, 15) is 18.0 Å². The van der Waals surface area contributed by atoms with Gasteiger partial charge in [-0.05, 0) is 42.4 Å². The van der Waals surface area contributed by atoms with E-state index in [2.05, 4.69) is 10.4 Å². The van der Waals surface area contributed by atoms with Gasteiger partial charge >= 0.3 is 11.9 Å². The van der Waals surface area contributed by atoms with Gasteiger partial charge in [-0.3, -0.25) is 0 Å². The summed E-state index contributed by atoms with van der Waals surface area (Å²) in [7, 11) is 1.85. The molecule has 0 spiro atoms. The van der Waals surface area contributed by atoms with Crippen molar-refractivity contribution in [1.82, 2.24) is 19.7 Å². The highest BCUT2D eigenvalue weighted by molar-refractivity contribution is 5.34. The summed E-state index contributed by atoms with van der Waals surface area (Å²) in [5.41, 5.74) is 1.25. The Morgan fingerprint density at radius 2 is 1.62 bits per heavy atom. The van der Waals surface area contributed by atoms with E-state index in [0.717, 1.165) is 24.2 Å². The maximum absolute atomic E-state index is 12.6. The Balaban J connectivity index is 1.80. The lowest BCUT2D eigenvalue weighted by Crippen LogP contribution is -2.24. The fraction of sp³-hybridized carbons (Fsp3) is 0.222. The average Bonchev–Trinajstić information content (AvgIpc) is 2.96. The molecule has 0 aliphatic carbocycles. The summed E-state index contributed by atoms with van der Waals surface area (Å²) < 4.78 is 40.4. The van der Waals surface area contributed by atoms with Gasteiger partial charge in [-0.2, -0.15) is 18.3 Å². The third-order valence-corrected chi connectivity index (χ3v) is 3.94. The average molecular weight is 362 g/mol. The second-order valence-corrected chi connectivity index (χ2v) is 5.83. The number of hydrogen-bond acceptors (Lipinski definition) is 3. The topological polar surface area (TPSA) is 51.9 Å². The highest BCUT2D eigenvalue weighted by Gasteiger charge is 2.29. The monoisotopic (exact) mass is 362 g/mol. The molecule has 0 bridgehead atoms. The molecule has 0 unspecified atom stereocenters. The minimum atomic E-state index is -4.38. The maximum atomic E-state index is 12.6. The van der Waals surface area contributed by atoms with Gasteiger partial charge in [0, 0.05) is 6.54 Å². The van der Waals surface area contributed by atoms with Crippen LogP contribution in [-0.4, -0.2) is 21.4 Å². The molecule has 2 aromatic carbocycles. The smallest absolute Gasteiger partial charge is 0.316 e. The molecule has 0 atom stereocenters. The Hall–Kier alpha value is -2.87. The molecule has 0 fully saturated rings. The second kappa shape index (κ2) is 7.17. The van der Waals surface area contributed by atoms with Gasteiger partial charge in [0.1, 0.15) is 6.33 Å². The Labute approximate surface area is 147 Å². The molecular formula is C18H17F3N4O. The Morgan fingerprint density at radius 1 is 1.00 bits per heavy atom. The van der Waals surface area contributed by atoms with Crippen LogP contribution in [0.2, 0.25) is 0 Å². The van der Waals surface area contributed by atoms with Gasteiger partial charge in [0.25, 0.3) is 0 Å².